The zero-order chi connectivity index (χ0) is 17.8. The van der Waals surface area contributed by atoms with Gasteiger partial charge >= 0.3 is 5.97 Å². The van der Waals surface area contributed by atoms with Gasteiger partial charge in [0.2, 0.25) is 0 Å². The minimum absolute atomic E-state index is 0.107. The van der Waals surface area contributed by atoms with Crippen LogP contribution in [0.3, 0.4) is 0 Å². The summed E-state index contributed by atoms with van der Waals surface area (Å²) in [4.78, 5) is 11.4. The monoisotopic (exact) mass is 342 g/mol. The number of ether oxygens (including phenoxy) is 1. The number of esters is 1. The van der Waals surface area contributed by atoms with Gasteiger partial charge in [-0.15, -0.1) is 0 Å². The molecule has 0 spiro atoms. The highest BCUT2D eigenvalue weighted by atomic mass is 16.5. The molecule has 7 atom stereocenters. The average molecular weight is 343 g/mol. The second kappa shape index (κ2) is 5.99. The third-order valence-electron chi connectivity index (χ3n) is 8.81. The fourth-order valence-electron chi connectivity index (χ4n) is 7.48. The topological polar surface area (TPSA) is 26.3 Å². The van der Waals surface area contributed by atoms with Gasteiger partial charge in [0.25, 0.3) is 0 Å². The summed E-state index contributed by atoms with van der Waals surface area (Å²) < 4.78 is 5.58. The van der Waals surface area contributed by atoms with E-state index >= 15 is 0 Å². The van der Waals surface area contributed by atoms with E-state index in [-0.39, 0.29) is 12.1 Å². The third kappa shape index (κ3) is 2.54. The van der Waals surface area contributed by atoms with Crippen LogP contribution >= 0.6 is 0 Å². The maximum absolute atomic E-state index is 11.4. The highest BCUT2D eigenvalue weighted by molar-refractivity contribution is 5.66. The predicted molar refractivity (Wildman–Crippen MR) is 101 cm³/mol. The van der Waals surface area contributed by atoms with E-state index in [1.807, 2.05) is 0 Å². The van der Waals surface area contributed by atoms with E-state index in [1.54, 1.807) is 6.92 Å². The number of carbonyl (C=O) groups excluding carboxylic acids is 1. The van der Waals surface area contributed by atoms with Crippen molar-refractivity contribution in [2.24, 2.45) is 34.5 Å². The molecule has 138 valence electrons. The van der Waals surface area contributed by atoms with Crippen molar-refractivity contribution < 1.29 is 9.53 Å². The van der Waals surface area contributed by atoms with Crippen LogP contribution in [0.4, 0.5) is 0 Å². The van der Waals surface area contributed by atoms with Crippen molar-refractivity contribution in [3.8, 4) is 0 Å². The van der Waals surface area contributed by atoms with Crippen molar-refractivity contribution in [3.05, 3.63) is 24.3 Å². The molecule has 0 aromatic rings. The predicted octanol–water partition coefficient (Wildman–Crippen LogP) is 5.68. The van der Waals surface area contributed by atoms with Gasteiger partial charge in [0.1, 0.15) is 6.10 Å². The molecule has 4 rings (SSSR count). The van der Waals surface area contributed by atoms with Crippen molar-refractivity contribution in [1.82, 2.24) is 0 Å². The molecule has 2 nitrogen and oxygen atoms in total. The standard InChI is InChI=1S/C23H34O2/c1-5-16-7-9-20-19-8-6-17-14-18(25-15(2)24)10-12-23(17,4)21(19)11-13-22(16,20)3/h5,7,17-21H,1,6,8-14H2,2-4H3/t17?,18-,19-,20-,21-,22+,23-/m0/s1. The molecule has 25 heavy (non-hydrogen) atoms. The van der Waals surface area contributed by atoms with Gasteiger partial charge in [-0.1, -0.05) is 32.6 Å². The van der Waals surface area contributed by atoms with Crippen molar-refractivity contribution in [2.45, 2.75) is 78.2 Å². The lowest BCUT2D eigenvalue weighted by atomic mass is 9.44. The molecular formula is C23H34O2. The first-order valence-corrected chi connectivity index (χ1v) is 10.4. The minimum Gasteiger partial charge on any atom is -0.463 e. The number of carbonyl (C=O) groups is 1. The van der Waals surface area contributed by atoms with Gasteiger partial charge < -0.3 is 4.74 Å². The Labute approximate surface area is 153 Å². The average Bonchev–Trinajstić information content (AvgIpc) is 2.91. The first-order valence-electron chi connectivity index (χ1n) is 10.4. The molecule has 0 N–H and O–H groups in total. The summed E-state index contributed by atoms with van der Waals surface area (Å²) in [5, 5.41) is 0. The van der Waals surface area contributed by atoms with Crippen LogP contribution in [0, 0.1) is 34.5 Å². The Morgan fingerprint density at radius 3 is 2.72 bits per heavy atom. The van der Waals surface area contributed by atoms with Gasteiger partial charge in [0.05, 0.1) is 0 Å². The van der Waals surface area contributed by atoms with E-state index in [4.69, 9.17) is 4.74 Å². The molecule has 3 fully saturated rings. The van der Waals surface area contributed by atoms with Crippen LogP contribution in [0.1, 0.15) is 72.1 Å². The molecule has 0 heterocycles. The van der Waals surface area contributed by atoms with E-state index in [2.05, 4.69) is 32.6 Å². The zero-order valence-electron chi connectivity index (χ0n) is 16.2. The van der Waals surface area contributed by atoms with Gasteiger partial charge in [-0.2, -0.15) is 0 Å². The van der Waals surface area contributed by atoms with Crippen molar-refractivity contribution >= 4 is 5.97 Å². The number of hydrogen-bond acceptors (Lipinski definition) is 2. The number of fused-ring (bicyclic) bond motifs is 5. The van der Waals surface area contributed by atoms with E-state index < -0.39 is 0 Å². The quantitative estimate of drug-likeness (QED) is 0.603. The smallest absolute Gasteiger partial charge is 0.302 e. The largest absolute Gasteiger partial charge is 0.463 e. The second-order valence-electron chi connectivity index (χ2n) is 9.72. The van der Waals surface area contributed by atoms with E-state index in [0.29, 0.717) is 10.8 Å². The van der Waals surface area contributed by atoms with E-state index in [9.17, 15) is 4.79 Å². The molecule has 0 aliphatic heterocycles. The normalized spacial score (nSPS) is 48.6. The van der Waals surface area contributed by atoms with Gasteiger partial charge in [-0.25, -0.2) is 0 Å². The maximum Gasteiger partial charge on any atom is 0.302 e. The summed E-state index contributed by atoms with van der Waals surface area (Å²) >= 11 is 0. The van der Waals surface area contributed by atoms with Crippen LogP contribution in [0.5, 0.6) is 0 Å². The molecule has 4 aliphatic rings. The molecule has 1 unspecified atom stereocenters. The second-order valence-corrected chi connectivity index (χ2v) is 9.72. The van der Waals surface area contributed by atoms with Crippen LogP contribution in [-0.2, 0) is 9.53 Å². The molecule has 2 heteroatoms. The molecule has 0 bridgehead atoms. The number of hydrogen-bond donors (Lipinski definition) is 0. The molecule has 0 amide bonds. The van der Waals surface area contributed by atoms with Crippen LogP contribution in [0.25, 0.3) is 0 Å². The fraction of sp³-hybridized carbons (Fsp3) is 0.783. The molecule has 0 aromatic heterocycles. The maximum atomic E-state index is 11.4. The zero-order valence-corrected chi connectivity index (χ0v) is 16.2. The van der Waals surface area contributed by atoms with Gasteiger partial charge in [0, 0.05) is 6.92 Å². The van der Waals surface area contributed by atoms with Crippen LogP contribution in [0.15, 0.2) is 24.3 Å². The lowest BCUT2D eigenvalue weighted by molar-refractivity contribution is -0.158. The summed E-state index contributed by atoms with van der Waals surface area (Å²) in [6.07, 6.45) is 14.8. The number of rotatable bonds is 2. The van der Waals surface area contributed by atoms with Gasteiger partial charge in [-0.05, 0) is 91.4 Å². The highest BCUT2D eigenvalue weighted by Gasteiger charge is 2.58. The van der Waals surface area contributed by atoms with E-state index in [1.165, 1.54) is 44.1 Å². The molecule has 0 radical (unpaired) electrons. The molecule has 4 aliphatic carbocycles. The molecule has 0 saturated heterocycles. The lowest BCUT2D eigenvalue weighted by Gasteiger charge is -2.60. The van der Waals surface area contributed by atoms with E-state index in [0.717, 1.165) is 36.5 Å². The Morgan fingerprint density at radius 1 is 1.20 bits per heavy atom. The highest BCUT2D eigenvalue weighted by Crippen LogP contribution is 2.66. The van der Waals surface area contributed by atoms with Crippen molar-refractivity contribution in [3.63, 3.8) is 0 Å². The summed E-state index contributed by atoms with van der Waals surface area (Å²) in [7, 11) is 0. The Bertz CT molecular complexity index is 605. The molecular weight excluding hydrogens is 308 g/mol. The summed E-state index contributed by atoms with van der Waals surface area (Å²) in [6, 6.07) is 0. The van der Waals surface area contributed by atoms with Gasteiger partial charge in [-0.3, -0.25) is 4.79 Å². The fourth-order valence-corrected chi connectivity index (χ4v) is 7.48. The summed E-state index contributed by atoms with van der Waals surface area (Å²) in [6.45, 7) is 10.7. The summed E-state index contributed by atoms with van der Waals surface area (Å²) in [5.74, 6) is 3.19. The van der Waals surface area contributed by atoms with Crippen LogP contribution < -0.4 is 0 Å². The van der Waals surface area contributed by atoms with Crippen LogP contribution in [-0.4, -0.2) is 12.1 Å². The lowest BCUT2D eigenvalue weighted by Crippen LogP contribution is -2.53. The number of allylic oxidation sites excluding steroid dienone is 3. The summed E-state index contributed by atoms with van der Waals surface area (Å²) in [5.41, 5.74) is 2.35. The van der Waals surface area contributed by atoms with Crippen molar-refractivity contribution in [2.75, 3.05) is 0 Å². The Hall–Kier alpha value is -1.05. The Morgan fingerprint density at radius 2 is 2.00 bits per heavy atom. The Kier molecular flexibility index (Phi) is 4.16. The first kappa shape index (κ1) is 17.4. The minimum atomic E-state index is -0.107. The van der Waals surface area contributed by atoms with Crippen LogP contribution in [0.2, 0.25) is 0 Å². The SMILES string of the molecule is C=CC1=CC[C@H]2[C@@H]3CCC4C[C@@H](OC(C)=O)CC[C@]4(C)[C@H]3CC[C@]12C. The third-order valence-corrected chi connectivity index (χ3v) is 8.81. The Balaban J connectivity index is 1.54. The molecule has 3 saturated carbocycles. The van der Waals surface area contributed by atoms with Crippen molar-refractivity contribution in [1.29, 1.82) is 0 Å². The first-order chi connectivity index (χ1) is 11.9. The molecule has 0 aromatic carbocycles. The van der Waals surface area contributed by atoms with Gasteiger partial charge in [0.15, 0.2) is 0 Å².